The standard InChI is InChI=1S/C13H10BrF2NO/c14-9-4-5-12(11(17)6-9)18-7-8-2-1-3-10(15)13(8)16/h1-6H,7,17H2. The Morgan fingerprint density at radius 1 is 1.17 bits per heavy atom. The fourth-order valence-corrected chi connectivity index (χ4v) is 1.84. The lowest BCUT2D eigenvalue weighted by Gasteiger charge is -2.10. The molecule has 0 aliphatic heterocycles. The molecule has 2 N–H and O–H groups in total. The summed E-state index contributed by atoms with van der Waals surface area (Å²) in [6.07, 6.45) is 0. The van der Waals surface area contributed by atoms with Gasteiger partial charge in [-0.1, -0.05) is 28.1 Å². The quantitative estimate of drug-likeness (QED) is 0.873. The van der Waals surface area contributed by atoms with E-state index in [4.69, 9.17) is 10.5 Å². The zero-order valence-electron chi connectivity index (χ0n) is 9.29. The predicted molar refractivity (Wildman–Crippen MR) is 69.2 cm³/mol. The van der Waals surface area contributed by atoms with Gasteiger partial charge in [-0.2, -0.15) is 0 Å². The van der Waals surface area contributed by atoms with Crippen LogP contribution in [0.15, 0.2) is 40.9 Å². The molecule has 5 heteroatoms. The molecule has 0 bridgehead atoms. The Bertz CT molecular complexity index is 575. The second kappa shape index (κ2) is 5.35. The van der Waals surface area contributed by atoms with Gasteiger partial charge >= 0.3 is 0 Å². The van der Waals surface area contributed by atoms with Gasteiger partial charge in [0.05, 0.1) is 5.69 Å². The molecular formula is C13H10BrF2NO. The monoisotopic (exact) mass is 313 g/mol. The molecule has 0 unspecified atom stereocenters. The molecule has 0 fully saturated rings. The minimum atomic E-state index is -0.895. The largest absolute Gasteiger partial charge is 0.487 e. The van der Waals surface area contributed by atoms with Crippen LogP contribution in [-0.2, 0) is 6.61 Å². The maximum atomic E-state index is 13.4. The number of anilines is 1. The average Bonchev–Trinajstić information content (AvgIpc) is 2.33. The zero-order valence-corrected chi connectivity index (χ0v) is 10.9. The van der Waals surface area contributed by atoms with Crippen molar-refractivity contribution in [1.29, 1.82) is 0 Å². The van der Waals surface area contributed by atoms with Gasteiger partial charge in [-0.05, 0) is 24.3 Å². The van der Waals surface area contributed by atoms with E-state index in [1.807, 2.05) is 0 Å². The first-order valence-corrected chi connectivity index (χ1v) is 5.98. The van der Waals surface area contributed by atoms with Crippen LogP contribution in [0.4, 0.5) is 14.5 Å². The number of hydrogen-bond donors (Lipinski definition) is 1. The van der Waals surface area contributed by atoms with Crippen molar-refractivity contribution in [1.82, 2.24) is 0 Å². The summed E-state index contributed by atoms with van der Waals surface area (Å²) in [7, 11) is 0. The molecule has 0 aliphatic rings. The number of nitrogens with two attached hydrogens (primary N) is 1. The first-order valence-electron chi connectivity index (χ1n) is 5.18. The van der Waals surface area contributed by atoms with E-state index in [2.05, 4.69) is 15.9 Å². The molecular weight excluding hydrogens is 304 g/mol. The number of rotatable bonds is 3. The molecule has 0 amide bonds. The summed E-state index contributed by atoms with van der Waals surface area (Å²) in [6.45, 7) is -0.0740. The highest BCUT2D eigenvalue weighted by Gasteiger charge is 2.09. The van der Waals surface area contributed by atoms with E-state index in [0.717, 1.165) is 10.5 Å². The van der Waals surface area contributed by atoms with Gasteiger partial charge in [-0.15, -0.1) is 0 Å². The van der Waals surface area contributed by atoms with Crippen LogP contribution in [-0.4, -0.2) is 0 Å². The van der Waals surface area contributed by atoms with Crippen LogP contribution in [0.25, 0.3) is 0 Å². The maximum absolute atomic E-state index is 13.4. The van der Waals surface area contributed by atoms with Gasteiger partial charge in [-0.3, -0.25) is 0 Å². The second-order valence-corrected chi connectivity index (χ2v) is 4.60. The first-order chi connectivity index (χ1) is 8.58. The van der Waals surface area contributed by atoms with Crippen LogP contribution in [0.2, 0.25) is 0 Å². The van der Waals surface area contributed by atoms with E-state index in [1.165, 1.54) is 12.1 Å². The molecule has 2 rings (SSSR count). The third-order valence-corrected chi connectivity index (χ3v) is 2.88. The normalized spacial score (nSPS) is 10.4. The molecule has 0 aromatic heterocycles. The van der Waals surface area contributed by atoms with Crippen LogP contribution in [0.3, 0.4) is 0 Å². The topological polar surface area (TPSA) is 35.2 Å². The van der Waals surface area contributed by atoms with Crippen molar-refractivity contribution >= 4 is 21.6 Å². The summed E-state index contributed by atoms with van der Waals surface area (Å²) in [5.74, 6) is -1.35. The lowest BCUT2D eigenvalue weighted by Crippen LogP contribution is -2.02. The Morgan fingerprint density at radius 3 is 2.67 bits per heavy atom. The predicted octanol–water partition coefficient (Wildman–Crippen LogP) is 3.89. The first kappa shape index (κ1) is 12.8. The van der Waals surface area contributed by atoms with Crippen LogP contribution in [0.1, 0.15) is 5.56 Å². The summed E-state index contributed by atoms with van der Waals surface area (Å²) in [4.78, 5) is 0. The van der Waals surface area contributed by atoms with Gasteiger partial charge in [0, 0.05) is 10.0 Å². The summed E-state index contributed by atoms with van der Waals surface area (Å²) < 4.78 is 32.5. The van der Waals surface area contributed by atoms with E-state index >= 15 is 0 Å². The van der Waals surface area contributed by atoms with Crippen LogP contribution < -0.4 is 10.5 Å². The molecule has 0 spiro atoms. The Hall–Kier alpha value is -1.62. The van der Waals surface area contributed by atoms with E-state index in [9.17, 15) is 8.78 Å². The molecule has 0 radical (unpaired) electrons. The number of hydrogen-bond acceptors (Lipinski definition) is 2. The number of halogens is 3. The maximum Gasteiger partial charge on any atom is 0.165 e. The molecule has 0 saturated heterocycles. The Labute approximate surface area is 112 Å². The van der Waals surface area contributed by atoms with E-state index in [-0.39, 0.29) is 12.2 Å². The van der Waals surface area contributed by atoms with Crippen molar-refractivity contribution in [3.05, 3.63) is 58.1 Å². The summed E-state index contributed by atoms with van der Waals surface area (Å²) >= 11 is 3.27. The summed E-state index contributed by atoms with van der Waals surface area (Å²) in [6, 6.07) is 9.06. The summed E-state index contributed by atoms with van der Waals surface area (Å²) in [5.41, 5.74) is 6.31. The Morgan fingerprint density at radius 2 is 1.94 bits per heavy atom. The van der Waals surface area contributed by atoms with E-state index < -0.39 is 11.6 Å². The highest BCUT2D eigenvalue weighted by molar-refractivity contribution is 9.10. The van der Waals surface area contributed by atoms with Gasteiger partial charge in [-0.25, -0.2) is 8.78 Å². The Kier molecular flexibility index (Phi) is 3.81. The minimum absolute atomic E-state index is 0.0740. The van der Waals surface area contributed by atoms with Gasteiger partial charge in [0.2, 0.25) is 0 Å². The van der Waals surface area contributed by atoms with Gasteiger partial charge in [0.25, 0.3) is 0 Å². The van der Waals surface area contributed by atoms with Crippen molar-refractivity contribution in [3.63, 3.8) is 0 Å². The Balaban J connectivity index is 2.14. The minimum Gasteiger partial charge on any atom is -0.487 e. The van der Waals surface area contributed by atoms with Gasteiger partial charge < -0.3 is 10.5 Å². The van der Waals surface area contributed by atoms with E-state index in [1.54, 1.807) is 18.2 Å². The highest BCUT2D eigenvalue weighted by Crippen LogP contribution is 2.26. The molecule has 0 saturated carbocycles. The molecule has 2 aromatic carbocycles. The molecule has 0 heterocycles. The molecule has 0 aliphatic carbocycles. The fourth-order valence-electron chi connectivity index (χ4n) is 1.47. The van der Waals surface area contributed by atoms with Crippen LogP contribution in [0.5, 0.6) is 5.75 Å². The number of ether oxygens (including phenoxy) is 1. The van der Waals surface area contributed by atoms with Gasteiger partial charge in [0.1, 0.15) is 12.4 Å². The lowest BCUT2D eigenvalue weighted by atomic mass is 10.2. The van der Waals surface area contributed by atoms with Crippen molar-refractivity contribution in [2.75, 3.05) is 5.73 Å². The lowest BCUT2D eigenvalue weighted by molar-refractivity contribution is 0.299. The fraction of sp³-hybridized carbons (Fsp3) is 0.0769. The highest BCUT2D eigenvalue weighted by atomic mass is 79.9. The van der Waals surface area contributed by atoms with Crippen LogP contribution >= 0.6 is 15.9 Å². The van der Waals surface area contributed by atoms with E-state index in [0.29, 0.717) is 11.4 Å². The van der Waals surface area contributed by atoms with Gasteiger partial charge in [0.15, 0.2) is 11.6 Å². The third-order valence-electron chi connectivity index (χ3n) is 2.39. The summed E-state index contributed by atoms with van der Waals surface area (Å²) in [5, 5.41) is 0. The number of benzene rings is 2. The smallest absolute Gasteiger partial charge is 0.165 e. The second-order valence-electron chi connectivity index (χ2n) is 3.68. The molecule has 0 atom stereocenters. The van der Waals surface area contributed by atoms with Crippen molar-refractivity contribution in [3.8, 4) is 5.75 Å². The molecule has 94 valence electrons. The van der Waals surface area contributed by atoms with Crippen molar-refractivity contribution in [2.45, 2.75) is 6.61 Å². The zero-order chi connectivity index (χ0) is 13.1. The molecule has 2 aromatic rings. The van der Waals surface area contributed by atoms with Crippen molar-refractivity contribution < 1.29 is 13.5 Å². The third kappa shape index (κ3) is 2.79. The number of nitrogen functional groups attached to an aromatic ring is 1. The SMILES string of the molecule is Nc1cc(Br)ccc1OCc1cccc(F)c1F. The molecule has 18 heavy (non-hydrogen) atoms. The van der Waals surface area contributed by atoms with Crippen LogP contribution in [0, 0.1) is 11.6 Å². The van der Waals surface area contributed by atoms with Crippen molar-refractivity contribution in [2.24, 2.45) is 0 Å². The molecule has 2 nitrogen and oxygen atoms in total. The average molecular weight is 314 g/mol.